The Morgan fingerprint density at radius 1 is 0.761 bits per heavy atom. The highest BCUT2D eigenvalue weighted by Gasteiger charge is 2.22. The minimum atomic E-state index is -1.23. The second-order valence-electron chi connectivity index (χ2n) is 10.3. The van der Waals surface area contributed by atoms with Crippen molar-refractivity contribution in [3.05, 3.63) is 119 Å². The molecule has 0 aliphatic carbocycles. The SMILES string of the molecule is Cc1ccc(SNCc2cc(C3=CN(c4ccc(C(=O)O)c(O)c4)NN3)nc(C3=CN(c4ccc(C(=O)O)c(O)c4)NN3)c2)cc1. The van der Waals surface area contributed by atoms with Crippen LogP contribution in [-0.4, -0.2) is 37.3 Å². The van der Waals surface area contributed by atoms with Crippen LogP contribution in [0.2, 0.25) is 0 Å². The van der Waals surface area contributed by atoms with Crippen LogP contribution >= 0.6 is 11.9 Å². The fourth-order valence-electron chi connectivity index (χ4n) is 4.64. The Balaban J connectivity index is 1.29. The number of pyridine rings is 1. The van der Waals surface area contributed by atoms with Gasteiger partial charge in [0.25, 0.3) is 0 Å². The lowest BCUT2D eigenvalue weighted by Crippen LogP contribution is -2.36. The Morgan fingerprint density at radius 2 is 1.26 bits per heavy atom. The molecule has 234 valence electrons. The van der Waals surface area contributed by atoms with E-state index in [1.165, 1.54) is 41.8 Å². The highest BCUT2D eigenvalue weighted by Crippen LogP contribution is 2.29. The van der Waals surface area contributed by atoms with E-state index in [0.717, 1.165) is 10.5 Å². The van der Waals surface area contributed by atoms with Crippen molar-refractivity contribution in [2.45, 2.75) is 18.4 Å². The van der Waals surface area contributed by atoms with Gasteiger partial charge in [-0.3, -0.25) is 25.6 Å². The van der Waals surface area contributed by atoms with Gasteiger partial charge in [0.05, 0.1) is 46.6 Å². The number of rotatable bonds is 10. The van der Waals surface area contributed by atoms with E-state index in [2.05, 4.69) is 26.6 Å². The van der Waals surface area contributed by atoms with Gasteiger partial charge in [0.2, 0.25) is 0 Å². The molecule has 0 spiro atoms. The van der Waals surface area contributed by atoms with E-state index in [0.29, 0.717) is 40.7 Å². The molecule has 0 saturated heterocycles. The monoisotopic (exact) mass is 640 g/mol. The number of aromatic hydroxyl groups is 2. The van der Waals surface area contributed by atoms with Crippen molar-refractivity contribution in [1.29, 1.82) is 0 Å². The molecule has 15 heteroatoms. The van der Waals surface area contributed by atoms with E-state index in [1.807, 2.05) is 43.3 Å². The maximum absolute atomic E-state index is 11.3. The van der Waals surface area contributed by atoms with Crippen molar-refractivity contribution in [2.24, 2.45) is 0 Å². The molecule has 0 saturated carbocycles. The summed E-state index contributed by atoms with van der Waals surface area (Å²) in [5, 5.41) is 42.0. The van der Waals surface area contributed by atoms with E-state index in [9.17, 15) is 30.0 Å². The van der Waals surface area contributed by atoms with Crippen LogP contribution in [0.3, 0.4) is 0 Å². The van der Waals surface area contributed by atoms with Gasteiger partial charge in [-0.25, -0.2) is 14.6 Å². The number of nitrogens with zero attached hydrogens (tertiary/aromatic N) is 3. The third-order valence-electron chi connectivity index (χ3n) is 7.04. The highest BCUT2D eigenvalue weighted by molar-refractivity contribution is 7.97. The third-order valence-corrected chi connectivity index (χ3v) is 7.84. The highest BCUT2D eigenvalue weighted by atomic mass is 32.2. The predicted molar refractivity (Wildman–Crippen MR) is 172 cm³/mol. The number of aromatic nitrogens is 1. The Hall–Kier alpha value is -5.74. The first-order valence-corrected chi connectivity index (χ1v) is 14.6. The van der Waals surface area contributed by atoms with Gasteiger partial charge >= 0.3 is 11.9 Å². The largest absolute Gasteiger partial charge is 0.507 e. The number of carboxylic acids is 2. The molecule has 6 rings (SSSR count). The van der Waals surface area contributed by atoms with Gasteiger partial charge in [0, 0.05) is 23.6 Å². The molecule has 4 aromatic rings. The van der Waals surface area contributed by atoms with E-state index in [1.54, 1.807) is 34.6 Å². The zero-order chi connectivity index (χ0) is 32.4. The van der Waals surface area contributed by atoms with Crippen LogP contribution < -0.4 is 36.7 Å². The van der Waals surface area contributed by atoms with Gasteiger partial charge in [-0.2, -0.15) is 0 Å². The molecule has 14 nitrogen and oxygen atoms in total. The zero-order valence-electron chi connectivity index (χ0n) is 24.1. The predicted octanol–water partition coefficient (Wildman–Crippen LogP) is 3.65. The quantitative estimate of drug-likeness (QED) is 0.114. The lowest BCUT2D eigenvalue weighted by molar-refractivity contribution is 0.0682. The van der Waals surface area contributed by atoms with Crippen LogP contribution in [0, 0.1) is 6.92 Å². The summed E-state index contributed by atoms with van der Waals surface area (Å²) in [6, 6.07) is 20.5. The molecule has 0 radical (unpaired) electrons. The van der Waals surface area contributed by atoms with Crippen LogP contribution in [-0.2, 0) is 6.54 Å². The summed E-state index contributed by atoms with van der Waals surface area (Å²) in [5.41, 5.74) is 17.1. The second-order valence-corrected chi connectivity index (χ2v) is 11.3. The smallest absolute Gasteiger partial charge is 0.339 e. The molecule has 0 atom stereocenters. The Labute approximate surface area is 266 Å². The molecule has 3 aromatic carbocycles. The fraction of sp³-hybridized carbons (Fsp3) is 0.0645. The number of anilines is 2. The summed E-state index contributed by atoms with van der Waals surface area (Å²) >= 11 is 1.50. The summed E-state index contributed by atoms with van der Waals surface area (Å²) in [4.78, 5) is 28.5. The minimum Gasteiger partial charge on any atom is -0.507 e. The summed E-state index contributed by atoms with van der Waals surface area (Å²) in [6.45, 7) is 2.53. The van der Waals surface area contributed by atoms with Crippen LogP contribution in [0.4, 0.5) is 11.4 Å². The Morgan fingerprint density at radius 3 is 1.72 bits per heavy atom. The third kappa shape index (κ3) is 6.52. The van der Waals surface area contributed by atoms with Crippen LogP contribution in [0.25, 0.3) is 11.4 Å². The van der Waals surface area contributed by atoms with Crippen LogP contribution in [0.5, 0.6) is 11.5 Å². The second kappa shape index (κ2) is 12.7. The molecule has 2 aliphatic heterocycles. The molecule has 0 unspecified atom stereocenters. The summed E-state index contributed by atoms with van der Waals surface area (Å²) in [6.07, 6.45) is 3.46. The first kappa shape index (κ1) is 30.3. The van der Waals surface area contributed by atoms with Gasteiger partial charge in [-0.05, 0) is 73.0 Å². The molecule has 3 heterocycles. The van der Waals surface area contributed by atoms with Crippen molar-refractivity contribution in [1.82, 2.24) is 31.6 Å². The number of nitrogens with one attached hydrogen (secondary N) is 5. The average molecular weight is 641 g/mol. The molecule has 0 amide bonds. The van der Waals surface area contributed by atoms with Crippen molar-refractivity contribution >= 4 is 46.7 Å². The number of carbonyl (C=O) groups is 2. The maximum atomic E-state index is 11.3. The van der Waals surface area contributed by atoms with Crippen molar-refractivity contribution in [3.8, 4) is 11.5 Å². The number of aryl methyl sites for hydroxylation is 1. The maximum Gasteiger partial charge on any atom is 0.339 e. The molecular weight excluding hydrogens is 612 g/mol. The molecule has 1 aromatic heterocycles. The molecule has 0 bridgehead atoms. The van der Waals surface area contributed by atoms with E-state index < -0.39 is 11.9 Å². The molecule has 9 N–H and O–H groups in total. The number of phenols is 2. The molecule has 0 fully saturated rings. The topological polar surface area (TPSA) is 195 Å². The van der Waals surface area contributed by atoms with E-state index >= 15 is 0 Å². The Bertz CT molecular complexity index is 1790. The normalized spacial score (nSPS) is 14.0. The first-order chi connectivity index (χ1) is 22.1. The van der Waals surface area contributed by atoms with Gasteiger partial charge in [-0.1, -0.05) is 17.7 Å². The van der Waals surface area contributed by atoms with E-state index in [4.69, 9.17) is 4.98 Å². The number of hydrogen-bond donors (Lipinski definition) is 9. The zero-order valence-corrected chi connectivity index (χ0v) is 25.0. The Kier molecular flexibility index (Phi) is 8.37. The number of hydrazine groups is 4. The molecular formula is C31H28N8O6S. The van der Waals surface area contributed by atoms with Crippen molar-refractivity contribution in [3.63, 3.8) is 0 Å². The standard InChI is InChI=1S/C31H28N8O6S/c1-17-2-6-21(7-3-17)46-32-14-18-10-24(26-15-38(36-34-26)19-4-8-22(30(42)43)28(40)12-19)33-25(11-18)27-16-39(37-35-27)20-5-9-23(31(44)45)29(41)13-20/h2-13,15-16,32,34-37,40-41H,14H2,1H3,(H,42,43)(H,44,45). The fourth-order valence-corrected chi connectivity index (χ4v) is 5.32. The average Bonchev–Trinajstić information content (AvgIpc) is 3.73. The number of carboxylic acid groups (broad SMARTS) is 2. The van der Waals surface area contributed by atoms with Gasteiger partial charge in [0.1, 0.15) is 22.6 Å². The number of benzene rings is 3. The molecule has 46 heavy (non-hydrogen) atoms. The summed E-state index contributed by atoms with van der Waals surface area (Å²) in [7, 11) is 0. The molecule has 2 aliphatic rings. The van der Waals surface area contributed by atoms with Gasteiger partial charge in [-0.15, -0.1) is 11.1 Å². The van der Waals surface area contributed by atoms with Crippen molar-refractivity contribution in [2.75, 3.05) is 10.0 Å². The van der Waals surface area contributed by atoms with E-state index in [-0.39, 0.29) is 22.6 Å². The summed E-state index contributed by atoms with van der Waals surface area (Å²) < 4.78 is 3.39. The summed E-state index contributed by atoms with van der Waals surface area (Å²) in [5.74, 6) is -3.19. The number of aromatic carboxylic acids is 2. The minimum absolute atomic E-state index is 0.205. The van der Waals surface area contributed by atoms with Gasteiger partial charge in [0.15, 0.2) is 0 Å². The van der Waals surface area contributed by atoms with Crippen molar-refractivity contribution < 1.29 is 30.0 Å². The van der Waals surface area contributed by atoms with Gasteiger partial charge < -0.3 is 20.4 Å². The number of hydrogen-bond acceptors (Lipinski definition) is 13. The van der Waals surface area contributed by atoms with Crippen LogP contribution in [0.1, 0.15) is 43.2 Å². The lowest BCUT2D eigenvalue weighted by Gasteiger charge is -2.15. The lowest BCUT2D eigenvalue weighted by atomic mass is 10.1. The first-order valence-electron chi connectivity index (χ1n) is 13.8. The van der Waals surface area contributed by atoms with Crippen LogP contribution in [0.15, 0.2) is 90.1 Å².